The van der Waals surface area contributed by atoms with E-state index in [0.29, 0.717) is 16.8 Å². The summed E-state index contributed by atoms with van der Waals surface area (Å²) in [6, 6.07) is 12.4. The van der Waals surface area contributed by atoms with Gasteiger partial charge >= 0.3 is 0 Å². The van der Waals surface area contributed by atoms with Gasteiger partial charge < -0.3 is 5.11 Å². The molecule has 1 aliphatic heterocycles. The van der Waals surface area contributed by atoms with Crippen LogP contribution in [0.1, 0.15) is 35.5 Å². The minimum atomic E-state index is -1.50. The van der Waals surface area contributed by atoms with E-state index in [1.807, 2.05) is 26.0 Å². The Morgan fingerprint density at radius 1 is 1.15 bits per heavy atom. The Balaban J connectivity index is 2.28. The quantitative estimate of drug-likeness (QED) is 0.908. The third kappa shape index (κ3) is 1.58. The minimum absolute atomic E-state index is 0.137. The van der Waals surface area contributed by atoms with Gasteiger partial charge in [-0.25, -0.2) is 0 Å². The molecule has 102 valence electrons. The van der Waals surface area contributed by atoms with E-state index in [9.17, 15) is 9.90 Å². The molecule has 1 aromatic carbocycles. The lowest BCUT2D eigenvalue weighted by Gasteiger charge is -2.36. The molecule has 1 amide bonds. The molecule has 0 spiro atoms. The Hall–Kier alpha value is -2.20. The number of pyridine rings is 1. The number of hydrogen-bond acceptors (Lipinski definition) is 3. The zero-order valence-corrected chi connectivity index (χ0v) is 11.4. The number of hydrogen-bond donors (Lipinski definition) is 1. The van der Waals surface area contributed by atoms with Crippen molar-refractivity contribution < 1.29 is 9.90 Å². The van der Waals surface area contributed by atoms with Crippen molar-refractivity contribution in [1.29, 1.82) is 0 Å². The van der Waals surface area contributed by atoms with Gasteiger partial charge in [0.15, 0.2) is 0 Å². The van der Waals surface area contributed by atoms with Gasteiger partial charge in [0.25, 0.3) is 5.91 Å². The summed E-state index contributed by atoms with van der Waals surface area (Å²) in [5.74, 6) is -0.163. The summed E-state index contributed by atoms with van der Waals surface area (Å²) >= 11 is 0. The molecule has 4 nitrogen and oxygen atoms in total. The largest absolute Gasteiger partial charge is 0.362 e. The van der Waals surface area contributed by atoms with Crippen LogP contribution in [0.5, 0.6) is 0 Å². The molecule has 0 radical (unpaired) electrons. The van der Waals surface area contributed by atoms with Crippen molar-refractivity contribution in [3.05, 3.63) is 65.5 Å². The first-order valence-corrected chi connectivity index (χ1v) is 6.64. The van der Waals surface area contributed by atoms with Gasteiger partial charge in [-0.2, -0.15) is 0 Å². The number of fused-ring (bicyclic) bond motifs is 1. The first-order valence-electron chi connectivity index (χ1n) is 6.64. The molecule has 3 rings (SSSR count). The molecule has 0 fully saturated rings. The second-order valence-electron chi connectivity index (χ2n) is 5.20. The molecule has 20 heavy (non-hydrogen) atoms. The normalized spacial score (nSPS) is 21.4. The molecule has 4 heteroatoms. The van der Waals surface area contributed by atoms with Crippen molar-refractivity contribution in [3.63, 3.8) is 0 Å². The highest BCUT2D eigenvalue weighted by Crippen LogP contribution is 2.42. The van der Waals surface area contributed by atoms with Crippen LogP contribution in [0.4, 0.5) is 0 Å². The maximum atomic E-state index is 12.6. The Morgan fingerprint density at radius 3 is 2.50 bits per heavy atom. The number of nitrogens with zero attached hydrogens (tertiary/aromatic N) is 2. The highest BCUT2D eigenvalue weighted by atomic mass is 16.3. The van der Waals surface area contributed by atoms with E-state index in [0.717, 1.165) is 0 Å². The lowest BCUT2D eigenvalue weighted by molar-refractivity contribution is -0.0667. The predicted octanol–water partition coefficient (Wildman–Crippen LogP) is 2.14. The fraction of sp³-hybridized carbons (Fsp3) is 0.250. The monoisotopic (exact) mass is 268 g/mol. The van der Waals surface area contributed by atoms with Crippen LogP contribution in [-0.4, -0.2) is 26.9 Å². The van der Waals surface area contributed by atoms with Crippen molar-refractivity contribution in [1.82, 2.24) is 9.88 Å². The van der Waals surface area contributed by atoms with Crippen LogP contribution in [0, 0.1) is 0 Å². The SMILES string of the molecule is CC(C)N1C(=O)c2ccccc2C1(O)c1ccccn1. The molecule has 1 N–H and O–H groups in total. The molecule has 0 bridgehead atoms. The van der Waals surface area contributed by atoms with Gasteiger partial charge in [-0.1, -0.05) is 24.3 Å². The van der Waals surface area contributed by atoms with Crippen molar-refractivity contribution in [3.8, 4) is 0 Å². The van der Waals surface area contributed by atoms with Crippen molar-refractivity contribution in [2.24, 2.45) is 0 Å². The molecule has 1 unspecified atom stereocenters. The lowest BCUT2D eigenvalue weighted by Crippen LogP contribution is -2.48. The number of carbonyl (C=O) groups excluding carboxylic acids is 1. The van der Waals surface area contributed by atoms with Gasteiger partial charge in [-0.15, -0.1) is 0 Å². The standard InChI is InChI=1S/C16H16N2O2/c1-11(2)18-15(19)12-7-3-4-8-13(12)16(18,20)14-9-5-6-10-17-14/h3-11,20H,1-2H3. The van der Waals surface area contributed by atoms with Gasteiger partial charge in [0, 0.05) is 23.4 Å². The molecular weight excluding hydrogens is 252 g/mol. The molecule has 1 atom stereocenters. The molecule has 2 aromatic rings. The Labute approximate surface area is 117 Å². The summed E-state index contributed by atoms with van der Waals surface area (Å²) < 4.78 is 0. The lowest BCUT2D eigenvalue weighted by atomic mass is 9.97. The van der Waals surface area contributed by atoms with E-state index in [4.69, 9.17) is 0 Å². The van der Waals surface area contributed by atoms with Gasteiger partial charge in [0.1, 0.15) is 0 Å². The van der Waals surface area contributed by atoms with Crippen LogP contribution >= 0.6 is 0 Å². The fourth-order valence-corrected chi connectivity index (χ4v) is 2.82. The van der Waals surface area contributed by atoms with Crippen molar-refractivity contribution >= 4 is 5.91 Å². The maximum absolute atomic E-state index is 12.6. The molecule has 0 aliphatic carbocycles. The first kappa shape index (κ1) is 12.8. The number of carbonyl (C=O) groups is 1. The minimum Gasteiger partial charge on any atom is -0.362 e. The van der Waals surface area contributed by atoms with E-state index in [-0.39, 0.29) is 11.9 Å². The summed E-state index contributed by atoms with van der Waals surface area (Å²) in [4.78, 5) is 18.3. The predicted molar refractivity (Wildman–Crippen MR) is 75.0 cm³/mol. The smallest absolute Gasteiger partial charge is 0.257 e. The maximum Gasteiger partial charge on any atom is 0.257 e. The van der Waals surface area contributed by atoms with Crippen molar-refractivity contribution in [2.45, 2.75) is 25.6 Å². The first-order chi connectivity index (χ1) is 9.56. The van der Waals surface area contributed by atoms with E-state index in [1.165, 1.54) is 4.90 Å². The Morgan fingerprint density at radius 2 is 1.85 bits per heavy atom. The zero-order valence-electron chi connectivity index (χ0n) is 11.4. The summed E-state index contributed by atoms with van der Waals surface area (Å²) in [5, 5.41) is 11.3. The van der Waals surface area contributed by atoms with Crippen LogP contribution in [0.2, 0.25) is 0 Å². The summed E-state index contributed by atoms with van der Waals surface area (Å²) in [6.45, 7) is 3.77. The zero-order chi connectivity index (χ0) is 14.3. The highest BCUT2D eigenvalue weighted by Gasteiger charge is 2.51. The van der Waals surface area contributed by atoms with Gasteiger partial charge in [-0.05, 0) is 32.0 Å². The molecule has 0 saturated heterocycles. The number of rotatable bonds is 2. The van der Waals surface area contributed by atoms with E-state index < -0.39 is 5.72 Å². The van der Waals surface area contributed by atoms with Crippen LogP contribution in [-0.2, 0) is 5.72 Å². The summed E-state index contributed by atoms with van der Waals surface area (Å²) in [7, 11) is 0. The number of aromatic nitrogens is 1. The molecular formula is C16H16N2O2. The van der Waals surface area contributed by atoms with E-state index in [1.54, 1.807) is 36.5 Å². The number of benzene rings is 1. The van der Waals surface area contributed by atoms with Crippen LogP contribution < -0.4 is 0 Å². The molecule has 1 aromatic heterocycles. The Kier molecular flexibility index (Phi) is 2.83. The van der Waals surface area contributed by atoms with Crippen LogP contribution in [0.3, 0.4) is 0 Å². The Bertz CT molecular complexity index is 655. The van der Waals surface area contributed by atoms with Gasteiger partial charge in [0.2, 0.25) is 5.72 Å². The average Bonchev–Trinajstić information content (AvgIpc) is 2.70. The average molecular weight is 268 g/mol. The number of amides is 1. The molecule has 1 aliphatic rings. The van der Waals surface area contributed by atoms with Crippen LogP contribution in [0.25, 0.3) is 0 Å². The van der Waals surface area contributed by atoms with Gasteiger partial charge in [-0.3, -0.25) is 14.7 Å². The summed E-state index contributed by atoms with van der Waals surface area (Å²) in [5.41, 5.74) is 0.0991. The summed E-state index contributed by atoms with van der Waals surface area (Å²) in [6.07, 6.45) is 1.62. The van der Waals surface area contributed by atoms with E-state index in [2.05, 4.69) is 4.98 Å². The van der Waals surface area contributed by atoms with Gasteiger partial charge in [0.05, 0.1) is 5.69 Å². The van der Waals surface area contributed by atoms with Crippen LogP contribution in [0.15, 0.2) is 48.7 Å². The molecule has 2 heterocycles. The second-order valence-corrected chi connectivity index (χ2v) is 5.20. The highest BCUT2D eigenvalue weighted by molar-refractivity contribution is 6.00. The molecule has 0 saturated carbocycles. The van der Waals surface area contributed by atoms with E-state index >= 15 is 0 Å². The number of aliphatic hydroxyl groups is 1. The third-order valence-electron chi connectivity index (χ3n) is 3.64. The topological polar surface area (TPSA) is 53.4 Å². The fourth-order valence-electron chi connectivity index (χ4n) is 2.82. The van der Waals surface area contributed by atoms with Crippen molar-refractivity contribution in [2.75, 3.05) is 0 Å². The second kappa shape index (κ2) is 4.42. The third-order valence-corrected chi connectivity index (χ3v) is 3.64.